The summed E-state index contributed by atoms with van der Waals surface area (Å²) in [7, 11) is 0. The fourth-order valence-corrected chi connectivity index (χ4v) is 3.67. The van der Waals surface area contributed by atoms with Crippen molar-refractivity contribution in [1.29, 1.82) is 0 Å². The molecule has 0 spiro atoms. The van der Waals surface area contributed by atoms with Gasteiger partial charge in [-0.25, -0.2) is 0 Å². The fourth-order valence-electron chi connectivity index (χ4n) is 1.55. The van der Waals surface area contributed by atoms with Crippen molar-refractivity contribution in [3.05, 3.63) is 33.1 Å². The lowest BCUT2D eigenvalue weighted by atomic mass is 10.1. The van der Waals surface area contributed by atoms with Gasteiger partial charge in [0.25, 0.3) is 0 Å². The van der Waals surface area contributed by atoms with E-state index in [0.29, 0.717) is 0 Å². The molecular formula is C11H11BrOS. The monoisotopic (exact) mass is 270 g/mol. The fraction of sp³-hybridized carbons (Fsp3) is 0.273. The highest BCUT2D eigenvalue weighted by molar-refractivity contribution is 9.10. The number of benzene rings is 1. The molecule has 3 heteroatoms. The molecule has 0 atom stereocenters. The Morgan fingerprint density at radius 2 is 2.21 bits per heavy atom. The molecule has 0 unspecified atom stereocenters. The van der Waals surface area contributed by atoms with E-state index in [2.05, 4.69) is 28.9 Å². The zero-order valence-corrected chi connectivity index (χ0v) is 10.3. The lowest BCUT2D eigenvalue weighted by Gasteiger charge is -1.96. The maximum Gasteiger partial charge on any atom is 0.0695 e. The SMILES string of the molecule is CCc1sc2c(CO)cccc2c1Br. The lowest BCUT2D eigenvalue weighted by molar-refractivity contribution is 0.283. The summed E-state index contributed by atoms with van der Waals surface area (Å²) >= 11 is 5.37. The van der Waals surface area contributed by atoms with E-state index in [4.69, 9.17) is 0 Å². The Labute approximate surface area is 95.5 Å². The molecule has 1 N–H and O–H groups in total. The molecule has 0 aliphatic heterocycles. The van der Waals surface area contributed by atoms with Crippen molar-refractivity contribution in [3.63, 3.8) is 0 Å². The molecule has 0 aliphatic rings. The molecule has 0 fully saturated rings. The van der Waals surface area contributed by atoms with Crippen LogP contribution in [-0.2, 0) is 13.0 Å². The van der Waals surface area contributed by atoms with Gasteiger partial charge in [0.1, 0.15) is 0 Å². The summed E-state index contributed by atoms with van der Waals surface area (Å²) in [6.07, 6.45) is 1.03. The predicted octanol–water partition coefficient (Wildman–Crippen LogP) is 3.72. The van der Waals surface area contributed by atoms with E-state index in [1.165, 1.54) is 19.4 Å². The number of fused-ring (bicyclic) bond motifs is 1. The van der Waals surface area contributed by atoms with Crippen molar-refractivity contribution < 1.29 is 5.11 Å². The minimum atomic E-state index is 0.118. The third-order valence-electron chi connectivity index (χ3n) is 2.29. The lowest BCUT2D eigenvalue weighted by Crippen LogP contribution is -1.80. The van der Waals surface area contributed by atoms with Crippen LogP contribution in [0.4, 0.5) is 0 Å². The van der Waals surface area contributed by atoms with Crippen LogP contribution >= 0.6 is 27.3 Å². The number of rotatable bonds is 2. The first-order valence-electron chi connectivity index (χ1n) is 4.57. The van der Waals surface area contributed by atoms with E-state index in [9.17, 15) is 5.11 Å². The van der Waals surface area contributed by atoms with Crippen LogP contribution in [0.2, 0.25) is 0 Å². The first-order chi connectivity index (χ1) is 6.77. The zero-order valence-electron chi connectivity index (χ0n) is 7.88. The molecule has 1 aromatic carbocycles. The quantitative estimate of drug-likeness (QED) is 0.882. The van der Waals surface area contributed by atoms with E-state index in [1.807, 2.05) is 12.1 Å². The average Bonchev–Trinajstić information content (AvgIpc) is 2.55. The van der Waals surface area contributed by atoms with E-state index in [1.54, 1.807) is 11.3 Å². The third-order valence-corrected chi connectivity index (χ3v) is 4.89. The minimum Gasteiger partial charge on any atom is -0.392 e. The van der Waals surface area contributed by atoms with E-state index < -0.39 is 0 Å². The van der Waals surface area contributed by atoms with E-state index >= 15 is 0 Å². The second kappa shape index (κ2) is 4.01. The number of halogens is 1. The van der Waals surface area contributed by atoms with Crippen molar-refractivity contribution >= 4 is 37.4 Å². The van der Waals surface area contributed by atoms with Crippen LogP contribution in [0.5, 0.6) is 0 Å². The smallest absolute Gasteiger partial charge is 0.0695 e. The van der Waals surface area contributed by atoms with Crippen molar-refractivity contribution in [1.82, 2.24) is 0 Å². The first kappa shape index (κ1) is 10.1. The second-order valence-corrected chi connectivity index (χ2v) is 5.04. The van der Waals surface area contributed by atoms with Crippen molar-refractivity contribution in [2.24, 2.45) is 0 Å². The molecule has 0 aliphatic carbocycles. The van der Waals surface area contributed by atoms with E-state index in [-0.39, 0.29) is 6.61 Å². The maximum atomic E-state index is 9.20. The summed E-state index contributed by atoms with van der Waals surface area (Å²) in [5.41, 5.74) is 1.02. The highest BCUT2D eigenvalue weighted by Gasteiger charge is 2.10. The number of aliphatic hydroxyl groups is 1. The Kier molecular flexibility index (Phi) is 2.91. The van der Waals surface area contributed by atoms with Crippen LogP contribution < -0.4 is 0 Å². The van der Waals surface area contributed by atoms with Gasteiger partial charge in [-0.2, -0.15) is 0 Å². The van der Waals surface area contributed by atoms with Gasteiger partial charge in [-0.05, 0) is 27.9 Å². The number of thiophene rings is 1. The van der Waals surface area contributed by atoms with Crippen molar-refractivity contribution in [3.8, 4) is 0 Å². The summed E-state index contributed by atoms with van der Waals surface area (Å²) in [4.78, 5) is 1.35. The molecule has 1 aromatic heterocycles. The van der Waals surface area contributed by atoms with Gasteiger partial charge in [-0.3, -0.25) is 0 Å². The standard InChI is InChI=1S/C11H11BrOS/c1-2-9-10(12)8-5-3-4-7(6-13)11(8)14-9/h3-5,13H,2,6H2,1H3. The largest absolute Gasteiger partial charge is 0.392 e. The Morgan fingerprint density at radius 3 is 2.86 bits per heavy atom. The van der Waals surface area contributed by atoms with Crippen LogP contribution in [0.3, 0.4) is 0 Å². The molecule has 0 saturated carbocycles. The first-order valence-corrected chi connectivity index (χ1v) is 6.18. The van der Waals surface area contributed by atoms with Crippen molar-refractivity contribution in [2.45, 2.75) is 20.0 Å². The average molecular weight is 271 g/mol. The van der Waals surface area contributed by atoms with Crippen LogP contribution in [-0.4, -0.2) is 5.11 Å². The molecule has 1 nitrogen and oxygen atoms in total. The van der Waals surface area contributed by atoms with Gasteiger partial charge in [0, 0.05) is 19.4 Å². The van der Waals surface area contributed by atoms with Gasteiger partial charge in [0.15, 0.2) is 0 Å². The van der Waals surface area contributed by atoms with Crippen molar-refractivity contribution in [2.75, 3.05) is 0 Å². The van der Waals surface area contributed by atoms with Gasteiger partial charge >= 0.3 is 0 Å². The molecule has 0 radical (unpaired) electrons. The molecule has 0 amide bonds. The van der Waals surface area contributed by atoms with Gasteiger partial charge < -0.3 is 5.11 Å². The number of aliphatic hydroxyl groups excluding tert-OH is 1. The van der Waals surface area contributed by atoms with Crippen LogP contribution in [0.1, 0.15) is 17.4 Å². The second-order valence-electron chi connectivity index (χ2n) is 3.14. The third kappa shape index (κ3) is 1.49. The summed E-state index contributed by atoms with van der Waals surface area (Å²) in [5.74, 6) is 0. The summed E-state index contributed by atoms with van der Waals surface area (Å²) < 4.78 is 2.40. The van der Waals surface area contributed by atoms with Crippen LogP contribution in [0.25, 0.3) is 10.1 Å². The Bertz CT molecular complexity index is 462. The van der Waals surface area contributed by atoms with E-state index in [0.717, 1.165) is 12.0 Å². The van der Waals surface area contributed by atoms with Gasteiger partial charge in [-0.1, -0.05) is 25.1 Å². The molecule has 14 heavy (non-hydrogen) atoms. The maximum absolute atomic E-state index is 9.20. The van der Waals surface area contributed by atoms with Crippen LogP contribution in [0.15, 0.2) is 22.7 Å². The number of aryl methyl sites for hydroxylation is 1. The molecule has 2 aromatic rings. The van der Waals surface area contributed by atoms with Gasteiger partial charge in [-0.15, -0.1) is 11.3 Å². The summed E-state index contributed by atoms with van der Waals surface area (Å²) in [5, 5.41) is 10.4. The van der Waals surface area contributed by atoms with Gasteiger partial charge in [0.05, 0.1) is 6.61 Å². The molecule has 1 heterocycles. The topological polar surface area (TPSA) is 20.2 Å². The molecular weight excluding hydrogens is 260 g/mol. The molecule has 2 rings (SSSR count). The van der Waals surface area contributed by atoms with Crippen LogP contribution in [0, 0.1) is 0 Å². The van der Waals surface area contributed by atoms with Gasteiger partial charge in [0.2, 0.25) is 0 Å². The number of hydrogen-bond donors (Lipinski definition) is 1. The Hall–Kier alpha value is -0.380. The Balaban J connectivity index is 2.77. The molecule has 74 valence electrons. The predicted molar refractivity (Wildman–Crippen MR) is 64.8 cm³/mol. The summed E-state index contributed by atoms with van der Waals surface area (Å²) in [6, 6.07) is 6.06. The highest BCUT2D eigenvalue weighted by atomic mass is 79.9. The molecule has 0 saturated heterocycles. The highest BCUT2D eigenvalue weighted by Crippen LogP contribution is 2.37. The normalized spacial score (nSPS) is 11.1. The zero-order chi connectivity index (χ0) is 10.1. The summed E-state index contributed by atoms with van der Waals surface area (Å²) in [6.45, 7) is 2.27. The Morgan fingerprint density at radius 1 is 1.43 bits per heavy atom. The number of hydrogen-bond acceptors (Lipinski definition) is 2. The molecule has 0 bridgehead atoms. The minimum absolute atomic E-state index is 0.118.